The molecule has 96 valence electrons. The molecule has 17 heavy (non-hydrogen) atoms. The van der Waals surface area contributed by atoms with Crippen molar-refractivity contribution in [2.75, 3.05) is 6.54 Å². The Balaban J connectivity index is 2.07. The van der Waals surface area contributed by atoms with Crippen molar-refractivity contribution >= 4 is 11.8 Å². The monoisotopic (exact) mass is 238 g/mol. The molecule has 0 radical (unpaired) electrons. The van der Waals surface area contributed by atoms with E-state index < -0.39 is 5.91 Å². The van der Waals surface area contributed by atoms with Crippen LogP contribution in [0.4, 0.5) is 0 Å². The summed E-state index contributed by atoms with van der Waals surface area (Å²) < 4.78 is 0. The average molecular weight is 238 g/mol. The first-order valence-corrected chi connectivity index (χ1v) is 6.71. The predicted molar refractivity (Wildman–Crippen MR) is 65.4 cm³/mol. The second-order valence-electron chi connectivity index (χ2n) is 5.41. The molecule has 1 unspecified atom stereocenters. The third-order valence-corrected chi connectivity index (χ3v) is 4.23. The van der Waals surface area contributed by atoms with Crippen LogP contribution < -0.4 is 5.32 Å². The van der Waals surface area contributed by atoms with Crippen LogP contribution in [0.3, 0.4) is 0 Å². The van der Waals surface area contributed by atoms with Gasteiger partial charge in [0.1, 0.15) is 0 Å². The summed E-state index contributed by atoms with van der Waals surface area (Å²) in [5.74, 6) is -0.214. The van der Waals surface area contributed by atoms with Crippen molar-refractivity contribution < 1.29 is 9.59 Å². The quantitative estimate of drug-likeness (QED) is 0.737. The minimum absolute atomic E-state index is 0.122. The van der Waals surface area contributed by atoms with Crippen molar-refractivity contribution in [2.45, 2.75) is 58.0 Å². The molecule has 1 heterocycles. The summed E-state index contributed by atoms with van der Waals surface area (Å²) in [6.07, 6.45) is 6.22. The van der Waals surface area contributed by atoms with Crippen LogP contribution in [-0.2, 0) is 9.59 Å². The Morgan fingerprint density at radius 2 is 1.88 bits per heavy atom. The third kappa shape index (κ3) is 2.45. The van der Waals surface area contributed by atoms with Crippen LogP contribution in [0, 0.1) is 5.92 Å². The Morgan fingerprint density at radius 3 is 2.53 bits per heavy atom. The summed E-state index contributed by atoms with van der Waals surface area (Å²) in [5, 5.41) is 2.64. The highest BCUT2D eigenvalue weighted by atomic mass is 16.2. The minimum Gasteiger partial charge on any atom is -0.346 e. The Labute approximate surface area is 103 Å². The number of hydrogen-bond donors (Lipinski definition) is 1. The number of piperazine rings is 1. The van der Waals surface area contributed by atoms with Crippen LogP contribution in [0.15, 0.2) is 0 Å². The van der Waals surface area contributed by atoms with E-state index in [4.69, 9.17) is 0 Å². The first-order valence-electron chi connectivity index (χ1n) is 6.71. The molecular weight excluding hydrogens is 216 g/mol. The summed E-state index contributed by atoms with van der Waals surface area (Å²) in [6, 6.07) is 0.320. The number of hydrogen-bond acceptors (Lipinski definition) is 2. The van der Waals surface area contributed by atoms with Gasteiger partial charge in [0, 0.05) is 18.6 Å². The SMILES string of the molecule is CC(C1CCCCC1)N1C(=O)C(=O)NC[C@@H]1C. The molecule has 1 saturated heterocycles. The van der Waals surface area contributed by atoms with Crippen molar-refractivity contribution in [3.05, 3.63) is 0 Å². The molecule has 1 saturated carbocycles. The largest absolute Gasteiger partial charge is 0.346 e. The molecular formula is C13H22N2O2. The Morgan fingerprint density at radius 1 is 1.24 bits per heavy atom. The van der Waals surface area contributed by atoms with Gasteiger partial charge in [0.2, 0.25) is 0 Å². The van der Waals surface area contributed by atoms with Crippen molar-refractivity contribution in [1.29, 1.82) is 0 Å². The van der Waals surface area contributed by atoms with Gasteiger partial charge in [0.25, 0.3) is 0 Å². The lowest BCUT2D eigenvalue weighted by Gasteiger charge is -2.42. The van der Waals surface area contributed by atoms with Crippen molar-refractivity contribution in [2.24, 2.45) is 5.92 Å². The maximum absolute atomic E-state index is 11.9. The van der Waals surface area contributed by atoms with Gasteiger partial charge in [0.05, 0.1) is 0 Å². The van der Waals surface area contributed by atoms with Crippen LogP contribution in [-0.4, -0.2) is 35.3 Å². The molecule has 0 spiro atoms. The van der Waals surface area contributed by atoms with E-state index in [1.807, 2.05) is 6.92 Å². The predicted octanol–water partition coefficient (Wildman–Crippen LogP) is 1.30. The van der Waals surface area contributed by atoms with Gasteiger partial charge in [-0.1, -0.05) is 19.3 Å². The van der Waals surface area contributed by atoms with Gasteiger partial charge in [-0.3, -0.25) is 9.59 Å². The average Bonchev–Trinajstić information content (AvgIpc) is 2.35. The lowest BCUT2D eigenvalue weighted by Crippen LogP contribution is -2.61. The van der Waals surface area contributed by atoms with E-state index in [9.17, 15) is 9.59 Å². The van der Waals surface area contributed by atoms with Crippen LogP contribution in [0.2, 0.25) is 0 Å². The zero-order valence-electron chi connectivity index (χ0n) is 10.7. The molecule has 2 atom stereocenters. The second-order valence-corrected chi connectivity index (χ2v) is 5.41. The lowest BCUT2D eigenvalue weighted by atomic mass is 9.83. The minimum atomic E-state index is -0.439. The highest BCUT2D eigenvalue weighted by molar-refractivity contribution is 6.35. The zero-order valence-corrected chi connectivity index (χ0v) is 10.7. The fraction of sp³-hybridized carbons (Fsp3) is 0.846. The van der Waals surface area contributed by atoms with Crippen LogP contribution in [0.5, 0.6) is 0 Å². The van der Waals surface area contributed by atoms with Gasteiger partial charge in [-0.05, 0) is 32.6 Å². The number of nitrogens with one attached hydrogen (secondary N) is 1. The van der Waals surface area contributed by atoms with Gasteiger partial charge >= 0.3 is 11.8 Å². The maximum atomic E-state index is 11.9. The van der Waals surface area contributed by atoms with Crippen molar-refractivity contribution in [1.82, 2.24) is 10.2 Å². The summed E-state index contributed by atoms with van der Waals surface area (Å²) in [7, 11) is 0. The van der Waals surface area contributed by atoms with Gasteiger partial charge in [-0.15, -0.1) is 0 Å². The van der Waals surface area contributed by atoms with Crippen molar-refractivity contribution in [3.8, 4) is 0 Å². The molecule has 2 aliphatic rings. The fourth-order valence-corrected chi connectivity index (χ4v) is 3.16. The van der Waals surface area contributed by atoms with Gasteiger partial charge < -0.3 is 10.2 Å². The van der Waals surface area contributed by atoms with E-state index in [1.54, 1.807) is 4.90 Å². The Hall–Kier alpha value is -1.06. The molecule has 0 aromatic rings. The molecule has 1 aliphatic heterocycles. The fourth-order valence-electron chi connectivity index (χ4n) is 3.16. The first-order chi connectivity index (χ1) is 8.11. The number of rotatable bonds is 2. The van der Waals surface area contributed by atoms with Gasteiger partial charge in [-0.25, -0.2) is 0 Å². The van der Waals surface area contributed by atoms with Crippen molar-refractivity contribution in [3.63, 3.8) is 0 Å². The molecule has 2 fully saturated rings. The number of nitrogens with zero attached hydrogens (tertiary/aromatic N) is 1. The Bertz CT molecular complexity index is 311. The van der Waals surface area contributed by atoms with E-state index >= 15 is 0 Å². The summed E-state index contributed by atoms with van der Waals surface area (Å²) >= 11 is 0. The molecule has 2 amide bonds. The number of carbonyl (C=O) groups is 2. The highest BCUT2D eigenvalue weighted by Gasteiger charge is 2.37. The van der Waals surface area contributed by atoms with E-state index in [0.717, 1.165) is 0 Å². The van der Waals surface area contributed by atoms with E-state index in [2.05, 4.69) is 12.2 Å². The smallest absolute Gasteiger partial charge is 0.312 e. The summed E-state index contributed by atoms with van der Waals surface area (Å²) in [4.78, 5) is 25.2. The van der Waals surface area contributed by atoms with Gasteiger partial charge in [-0.2, -0.15) is 0 Å². The Kier molecular flexibility index (Phi) is 3.69. The molecule has 4 nitrogen and oxygen atoms in total. The topological polar surface area (TPSA) is 49.4 Å². The first kappa shape index (κ1) is 12.4. The van der Waals surface area contributed by atoms with Crippen LogP contribution in [0.1, 0.15) is 46.0 Å². The van der Waals surface area contributed by atoms with Gasteiger partial charge in [0.15, 0.2) is 0 Å². The van der Waals surface area contributed by atoms with Crippen LogP contribution >= 0.6 is 0 Å². The standard InChI is InChI=1S/C13H22N2O2/c1-9-8-14-12(16)13(17)15(9)10(2)11-6-4-3-5-7-11/h9-11H,3-8H2,1-2H3,(H,14,16)/t9-,10?/m0/s1. The van der Waals surface area contributed by atoms with E-state index in [-0.39, 0.29) is 18.0 Å². The summed E-state index contributed by atoms with van der Waals surface area (Å²) in [6.45, 7) is 4.70. The van der Waals surface area contributed by atoms with Crippen LogP contribution in [0.25, 0.3) is 0 Å². The maximum Gasteiger partial charge on any atom is 0.312 e. The lowest BCUT2D eigenvalue weighted by molar-refractivity contribution is -0.153. The molecule has 4 heteroatoms. The number of amides is 2. The molecule has 2 rings (SSSR count). The summed E-state index contributed by atoms with van der Waals surface area (Å²) in [5.41, 5.74) is 0. The molecule has 0 aromatic carbocycles. The third-order valence-electron chi connectivity index (χ3n) is 4.23. The number of carbonyl (C=O) groups excluding carboxylic acids is 2. The second kappa shape index (κ2) is 5.07. The van der Waals surface area contributed by atoms with E-state index in [1.165, 1.54) is 32.1 Å². The zero-order chi connectivity index (χ0) is 12.4. The molecule has 1 N–H and O–H groups in total. The molecule has 0 aromatic heterocycles. The molecule has 1 aliphatic carbocycles. The van der Waals surface area contributed by atoms with E-state index in [0.29, 0.717) is 12.5 Å². The molecule has 0 bridgehead atoms. The highest BCUT2D eigenvalue weighted by Crippen LogP contribution is 2.30. The normalized spacial score (nSPS) is 29.1.